The third-order valence-corrected chi connectivity index (χ3v) is 5.47. The first-order chi connectivity index (χ1) is 12.1. The van der Waals surface area contributed by atoms with Crippen molar-refractivity contribution in [2.75, 3.05) is 26.2 Å². The largest absolute Gasteiger partial charge is 0.395 e. The van der Waals surface area contributed by atoms with Crippen molar-refractivity contribution in [1.82, 2.24) is 4.90 Å². The third kappa shape index (κ3) is 4.00. The molecule has 3 nitrogen and oxygen atoms in total. The zero-order valence-corrected chi connectivity index (χ0v) is 15.1. The van der Waals surface area contributed by atoms with Crippen LogP contribution >= 0.6 is 0 Å². The van der Waals surface area contributed by atoms with E-state index in [0.29, 0.717) is 13.1 Å². The number of nitrogens with zero attached hydrogens (tertiary/aromatic N) is 1. The van der Waals surface area contributed by atoms with Gasteiger partial charge in [-0.05, 0) is 49.4 Å². The number of aliphatic hydroxyl groups is 1. The minimum Gasteiger partial charge on any atom is -0.395 e. The quantitative estimate of drug-likeness (QED) is 0.848. The minimum absolute atomic E-state index is 0.0650. The lowest BCUT2D eigenvalue weighted by Crippen LogP contribution is -2.44. The summed E-state index contributed by atoms with van der Waals surface area (Å²) in [5.74, 6) is 0.387. The van der Waals surface area contributed by atoms with Gasteiger partial charge in [-0.25, -0.2) is 0 Å². The standard InChI is InChI=1S/C22H27NO2/c1-16-8-9-19(14-17(16)2)20-10-11-23(12-13-24)15-21(20)22(25)18-6-4-3-5-7-18/h3-9,14,20-21,24H,10-13,15H2,1-2H3/t20-,21+/m1/s1. The van der Waals surface area contributed by atoms with Crippen LogP contribution in [0.25, 0.3) is 0 Å². The first kappa shape index (κ1) is 17.8. The van der Waals surface area contributed by atoms with E-state index in [1.54, 1.807) is 0 Å². The molecule has 2 atom stereocenters. The number of hydrogen-bond acceptors (Lipinski definition) is 3. The summed E-state index contributed by atoms with van der Waals surface area (Å²) < 4.78 is 0. The number of Topliss-reactive ketones (excluding diaryl/α,β-unsaturated/α-hetero) is 1. The van der Waals surface area contributed by atoms with Crippen molar-refractivity contribution < 1.29 is 9.90 Å². The van der Waals surface area contributed by atoms with Crippen LogP contribution in [0.4, 0.5) is 0 Å². The zero-order valence-electron chi connectivity index (χ0n) is 15.1. The van der Waals surface area contributed by atoms with E-state index in [1.807, 2.05) is 30.3 Å². The highest BCUT2D eigenvalue weighted by Gasteiger charge is 2.35. The number of aryl methyl sites for hydroxylation is 2. The predicted molar refractivity (Wildman–Crippen MR) is 101 cm³/mol. The van der Waals surface area contributed by atoms with Crippen molar-refractivity contribution in [3.8, 4) is 0 Å². The van der Waals surface area contributed by atoms with Gasteiger partial charge in [-0.15, -0.1) is 0 Å². The third-order valence-electron chi connectivity index (χ3n) is 5.47. The number of carbonyl (C=O) groups excluding carboxylic acids is 1. The molecule has 2 aromatic carbocycles. The maximum Gasteiger partial charge on any atom is 0.167 e. The van der Waals surface area contributed by atoms with Crippen LogP contribution in [0.15, 0.2) is 48.5 Å². The van der Waals surface area contributed by atoms with Crippen LogP contribution in [-0.4, -0.2) is 42.0 Å². The molecule has 1 fully saturated rings. The number of aliphatic hydroxyl groups excluding tert-OH is 1. The minimum atomic E-state index is -0.0650. The second-order valence-corrected chi connectivity index (χ2v) is 7.10. The van der Waals surface area contributed by atoms with Crippen molar-refractivity contribution in [3.05, 3.63) is 70.8 Å². The maximum atomic E-state index is 13.2. The first-order valence-electron chi connectivity index (χ1n) is 9.09. The van der Waals surface area contributed by atoms with Gasteiger partial charge in [0, 0.05) is 24.6 Å². The molecule has 1 heterocycles. The van der Waals surface area contributed by atoms with Crippen molar-refractivity contribution >= 4 is 5.78 Å². The highest BCUT2D eigenvalue weighted by Crippen LogP contribution is 2.35. The van der Waals surface area contributed by atoms with Crippen molar-refractivity contribution in [1.29, 1.82) is 0 Å². The van der Waals surface area contributed by atoms with Crippen molar-refractivity contribution in [3.63, 3.8) is 0 Å². The lowest BCUT2D eigenvalue weighted by atomic mass is 9.76. The van der Waals surface area contributed by atoms with Gasteiger partial charge in [-0.2, -0.15) is 0 Å². The van der Waals surface area contributed by atoms with E-state index in [4.69, 9.17) is 0 Å². The predicted octanol–water partition coefficient (Wildman–Crippen LogP) is 3.58. The van der Waals surface area contributed by atoms with Gasteiger partial charge in [-0.3, -0.25) is 4.79 Å². The average molecular weight is 337 g/mol. The van der Waals surface area contributed by atoms with Crippen LogP contribution in [0.1, 0.15) is 39.4 Å². The lowest BCUT2D eigenvalue weighted by Gasteiger charge is -2.38. The number of rotatable bonds is 5. The molecule has 0 unspecified atom stereocenters. The van der Waals surface area contributed by atoms with Gasteiger partial charge >= 0.3 is 0 Å². The van der Waals surface area contributed by atoms with E-state index in [-0.39, 0.29) is 24.2 Å². The van der Waals surface area contributed by atoms with E-state index in [9.17, 15) is 9.90 Å². The Morgan fingerprint density at radius 1 is 1.12 bits per heavy atom. The van der Waals surface area contributed by atoms with Crippen LogP contribution in [0, 0.1) is 19.8 Å². The number of carbonyl (C=O) groups is 1. The summed E-state index contributed by atoms with van der Waals surface area (Å²) >= 11 is 0. The average Bonchev–Trinajstić information content (AvgIpc) is 2.64. The molecular weight excluding hydrogens is 310 g/mol. The normalized spacial score (nSPS) is 21.2. The van der Waals surface area contributed by atoms with E-state index in [1.165, 1.54) is 16.7 Å². The summed E-state index contributed by atoms with van der Waals surface area (Å²) in [6.07, 6.45) is 0.950. The first-order valence-corrected chi connectivity index (χ1v) is 9.09. The molecule has 3 rings (SSSR count). The van der Waals surface area contributed by atoms with E-state index < -0.39 is 0 Å². The molecule has 0 bridgehead atoms. The highest BCUT2D eigenvalue weighted by atomic mass is 16.3. The second kappa shape index (κ2) is 7.94. The molecule has 0 radical (unpaired) electrons. The number of ketones is 1. The molecule has 2 aromatic rings. The molecule has 3 heteroatoms. The van der Waals surface area contributed by atoms with E-state index >= 15 is 0 Å². The molecule has 0 aromatic heterocycles. The molecular formula is C22H27NO2. The Hall–Kier alpha value is -1.97. The molecule has 1 N–H and O–H groups in total. The molecule has 132 valence electrons. The lowest BCUT2D eigenvalue weighted by molar-refractivity contribution is 0.0748. The number of piperidine rings is 1. The van der Waals surface area contributed by atoms with Crippen LogP contribution in [0.3, 0.4) is 0 Å². The fourth-order valence-corrected chi connectivity index (χ4v) is 3.84. The fraction of sp³-hybridized carbons (Fsp3) is 0.409. The van der Waals surface area contributed by atoms with Crippen LogP contribution in [0.2, 0.25) is 0 Å². The molecule has 25 heavy (non-hydrogen) atoms. The van der Waals surface area contributed by atoms with Gasteiger partial charge in [-0.1, -0.05) is 48.5 Å². The smallest absolute Gasteiger partial charge is 0.167 e. The molecule has 0 spiro atoms. The summed E-state index contributed by atoms with van der Waals surface area (Å²) in [6, 6.07) is 16.2. The van der Waals surface area contributed by atoms with Crippen molar-refractivity contribution in [2.24, 2.45) is 5.92 Å². The van der Waals surface area contributed by atoms with Crippen LogP contribution in [0.5, 0.6) is 0 Å². The Kier molecular flexibility index (Phi) is 5.67. The zero-order chi connectivity index (χ0) is 17.8. The molecule has 1 saturated heterocycles. The Morgan fingerprint density at radius 2 is 1.88 bits per heavy atom. The maximum absolute atomic E-state index is 13.2. The monoisotopic (exact) mass is 337 g/mol. The SMILES string of the molecule is Cc1ccc([C@H]2CCN(CCO)C[C@@H]2C(=O)c2ccccc2)cc1C. The van der Waals surface area contributed by atoms with Gasteiger partial charge in [0.1, 0.15) is 0 Å². The second-order valence-electron chi connectivity index (χ2n) is 7.10. The Balaban J connectivity index is 1.91. The summed E-state index contributed by atoms with van der Waals surface area (Å²) in [6.45, 7) is 6.67. The Morgan fingerprint density at radius 3 is 2.56 bits per heavy atom. The fourth-order valence-electron chi connectivity index (χ4n) is 3.84. The van der Waals surface area contributed by atoms with Crippen LogP contribution < -0.4 is 0 Å². The summed E-state index contributed by atoms with van der Waals surface area (Å²) in [4.78, 5) is 15.4. The Bertz CT molecular complexity index is 726. The highest BCUT2D eigenvalue weighted by molar-refractivity contribution is 5.98. The molecule has 0 aliphatic carbocycles. The number of hydrogen-bond donors (Lipinski definition) is 1. The molecule has 1 aliphatic rings. The molecule has 1 aliphatic heterocycles. The van der Waals surface area contributed by atoms with Gasteiger partial charge in [0.05, 0.1) is 6.61 Å². The summed E-state index contributed by atoms with van der Waals surface area (Å²) in [7, 11) is 0. The van der Waals surface area contributed by atoms with Crippen molar-refractivity contribution in [2.45, 2.75) is 26.2 Å². The Labute approximate surface area is 150 Å². The van der Waals surface area contributed by atoms with Gasteiger partial charge < -0.3 is 10.0 Å². The van der Waals surface area contributed by atoms with Gasteiger partial charge in [0.25, 0.3) is 0 Å². The molecule has 0 amide bonds. The van der Waals surface area contributed by atoms with Gasteiger partial charge in [0.15, 0.2) is 5.78 Å². The van der Waals surface area contributed by atoms with Gasteiger partial charge in [0.2, 0.25) is 0 Å². The summed E-state index contributed by atoms with van der Waals surface area (Å²) in [5.41, 5.74) is 4.61. The van der Waals surface area contributed by atoms with E-state index in [2.05, 4.69) is 36.9 Å². The van der Waals surface area contributed by atoms with E-state index in [0.717, 1.165) is 18.5 Å². The number of likely N-dealkylation sites (tertiary alicyclic amines) is 1. The van der Waals surface area contributed by atoms with Crippen LogP contribution in [-0.2, 0) is 0 Å². The number of benzene rings is 2. The topological polar surface area (TPSA) is 40.5 Å². The molecule has 0 saturated carbocycles. The number of β-amino-alcohol motifs (C(OH)–C–C–N with tert-alkyl or cyclic N) is 1. The summed E-state index contributed by atoms with van der Waals surface area (Å²) in [5, 5.41) is 9.28.